The minimum absolute atomic E-state index is 0.0420. The zero-order valence-electron chi connectivity index (χ0n) is 16.2. The molecule has 2 aliphatic heterocycles. The molecule has 0 radical (unpaired) electrons. The van der Waals surface area contributed by atoms with E-state index in [4.69, 9.17) is 4.74 Å². The van der Waals surface area contributed by atoms with E-state index in [2.05, 4.69) is 25.7 Å². The van der Waals surface area contributed by atoms with Crippen molar-refractivity contribution in [1.29, 1.82) is 0 Å². The first-order chi connectivity index (χ1) is 13.9. The van der Waals surface area contributed by atoms with Gasteiger partial charge in [0.15, 0.2) is 9.84 Å². The van der Waals surface area contributed by atoms with Gasteiger partial charge in [-0.15, -0.1) is 5.10 Å². The number of ether oxygens (including phenoxy) is 1. The quantitative estimate of drug-likeness (QED) is 0.743. The van der Waals surface area contributed by atoms with Gasteiger partial charge in [-0.1, -0.05) is 0 Å². The van der Waals surface area contributed by atoms with Crippen LogP contribution < -0.4 is 10.1 Å². The Hall–Kier alpha value is -2.53. The van der Waals surface area contributed by atoms with Crippen LogP contribution in [0.25, 0.3) is 5.69 Å². The molecule has 1 N–H and O–H groups in total. The van der Waals surface area contributed by atoms with Crippen molar-refractivity contribution >= 4 is 21.4 Å². The van der Waals surface area contributed by atoms with Crippen molar-refractivity contribution in [2.24, 2.45) is 5.92 Å². The highest BCUT2D eigenvalue weighted by molar-refractivity contribution is 7.91. The molecule has 0 spiro atoms. The lowest BCUT2D eigenvalue weighted by atomic mass is 9.94. The molecule has 1 aromatic carbocycles. The molecule has 1 unspecified atom stereocenters. The first-order valence-electron chi connectivity index (χ1n) is 9.61. The van der Waals surface area contributed by atoms with Crippen LogP contribution in [0.1, 0.15) is 19.3 Å². The molecular weight excluding hydrogens is 396 g/mol. The Kier molecular flexibility index (Phi) is 5.50. The third-order valence-corrected chi connectivity index (χ3v) is 7.38. The molecule has 29 heavy (non-hydrogen) atoms. The van der Waals surface area contributed by atoms with E-state index in [9.17, 15) is 13.2 Å². The maximum atomic E-state index is 12.8. The summed E-state index contributed by atoms with van der Waals surface area (Å²) in [5.74, 6) is 0.961. The van der Waals surface area contributed by atoms with Gasteiger partial charge in [0.25, 0.3) is 0 Å². The number of likely N-dealkylation sites (tertiary alicyclic amines) is 1. The number of nitrogens with one attached hydrogen (secondary N) is 1. The van der Waals surface area contributed by atoms with Crippen LogP contribution in [0.3, 0.4) is 0 Å². The number of benzene rings is 1. The van der Waals surface area contributed by atoms with Gasteiger partial charge in [-0.3, -0.25) is 9.69 Å². The second-order valence-corrected chi connectivity index (χ2v) is 9.76. The van der Waals surface area contributed by atoms with Crippen LogP contribution >= 0.6 is 0 Å². The minimum Gasteiger partial charge on any atom is -0.497 e. The predicted octanol–water partition coefficient (Wildman–Crippen LogP) is 0.509. The highest BCUT2D eigenvalue weighted by Gasteiger charge is 2.35. The van der Waals surface area contributed by atoms with E-state index in [0.29, 0.717) is 36.4 Å². The summed E-state index contributed by atoms with van der Waals surface area (Å²) in [5, 5.41) is 14.1. The van der Waals surface area contributed by atoms with Crippen molar-refractivity contribution in [3.8, 4) is 11.4 Å². The summed E-state index contributed by atoms with van der Waals surface area (Å²) in [6.45, 7) is 1.48. The van der Waals surface area contributed by atoms with Gasteiger partial charge >= 0.3 is 0 Å². The summed E-state index contributed by atoms with van der Waals surface area (Å²) < 4.78 is 30.2. The maximum Gasteiger partial charge on any atom is 0.227 e. The second kappa shape index (κ2) is 8.07. The fourth-order valence-corrected chi connectivity index (χ4v) is 5.78. The molecule has 11 heteroatoms. The fourth-order valence-electron chi connectivity index (χ4n) is 4.02. The lowest BCUT2D eigenvalue weighted by molar-refractivity contribution is -0.121. The van der Waals surface area contributed by atoms with Crippen LogP contribution in [0.4, 0.5) is 5.69 Å². The molecular formula is C18H24N6O4S. The number of carbonyl (C=O) groups is 1. The van der Waals surface area contributed by atoms with E-state index in [0.717, 1.165) is 13.1 Å². The van der Waals surface area contributed by atoms with Crippen LogP contribution in [0, 0.1) is 5.92 Å². The number of rotatable bonds is 5. The number of piperidine rings is 1. The molecule has 2 aliphatic rings. The van der Waals surface area contributed by atoms with Gasteiger partial charge in [0.05, 0.1) is 24.3 Å². The predicted molar refractivity (Wildman–Crippen MR) is 106 cm³/mol. The number of carbonyl (C=O) groups excluding carboxylic acids is 1. The minimum atomic E-state index is -2.89. The SMILES string of the molecule is COc1cc(NC(=O)C2CCN(C3CCS(=O)(=O)C3)CC2)cc(-n2cnnn2)c1. The van der Waals surface area contributed by atoms with Crippen LogP contribution in [-0.2, 0) is 14.6 Å². The number of sulfone groups is 1. The Balaban J connectivity index is 1.38. The number of hydrogen-bond acceptors (Lipinski definition) is 8. The Morgan fingerprint density at radius 3 is 2.62 bits per heavy atom. The number of nitrogens with zero attached hydrogens (tertiary/aromatic N) is 5. The van der Waals surface area contributed by atoms with Crippen molar-refractivity contribution in [3.63, 3.8) is 0 Å². The fraction of sp³-hybridized carbons (Fsp3) is 0.556. The number of anilines is 1. The summed E-state index contributed by atoms with van der Waals surface area (Å²) in [6, 6.07) is 5.42. The topological polar surface area (TPSA) is 119 Å². The molecule has 2 saturated heterocycles. The Labute approximate surface area is 169 Å². The molecule has 1 aromatic heterocycles. The number of aromatic nitrogens is 4. The van der Waals surface area contributed by atoms with Crippen molar-refractivity contribution in [2.45, 2.75) is 25.3 Å². The first kappa shape index (κ1) is 19.8. The number of tetrazole rings is 1. The summed E-state index contributed by atoms with van der Waals surface area (Å²) >= 11 is 0. The third-order valence-electron chi connectivity index (χ3n) is 5.63. The highest BCUT2D eigenvalue weighted by atomic mass is 32.2. The summed E-state index contributed by atoms with van der Waals surface area (Å²) in [5.41, 5.74) is 1.30. The van der Waals surface area contributed by atoms with E-state index in [1.165, 1.54) is 11.0 Å². The number of methoxy groups -OCH3 is 1. The number of amides is 1. The maximum absolute atomic E-state index is 12.8. The molecule has 4 rings (SSSR count). The van der Waals surface area contributed by atoms with E-state index in [1.807, 2.05) is 0 Å². The van der Waals surface area contributed by atoms with Gasteiger partial charge in [-0.25, -0.2) is 13.1 Å². The van der Waals surface area contributed by atoms with Crippen LogP contribution in [0.2, 0.25) is 0 Å². The van der Waals surface area contributed by atoms with Gasteiger partial charge in [0.2, 0.25) is 5.91 Å². The smallest absolute Gasteiger partial charge is 0.227 e. The average molecular weight is 420 g/mol. The zero-order valence-corrected chi connectivity index (χ0v) is 17.0. The van der Waals surface area contributed by atoms with Gasteiger partial charge in [-0.05, 0) is 48.8 Å². The monoisotopic (exact) mass is 420 g/mol. The van der Waals surface area contributed by atoms with Gasteiger partial charge in [-0.2, -0.15) is 0 Å². The summed E-state index contributed by atoms with van der Waals surface area (Å²) in [7, 11) is -1.33. The molecule has 0 saturated carbocycles. The van der Waals surface area contributed by atoms with Crippen molar-refractivity contribution in [3.05, 3.63) is 24.5 Å². The Bertz CT molecular complexity index is 970. The molecule has 2 aromatic rings. The van der Waals surface area contributed by atoms with Crippen molar-refractivity contribution in [2.75, 3.05) is 37.0 Å². The van der Waals surface area contributed by atoms with Crippen LogP contribution in [0.5, 0.6) is 5.75 Å². The van der Waals surface area contributed by atoms with E-state index >= 15 is 0 Å². The lowest BCUT2D eigenvalue weighted by Gasteiger charge is -2.34. The van der Waals surface area contributed by atoms with Gasteiger partial charge in [0, 0.05) is 29.8 Å². The standard InChI is InChI=1S/C18H24N6O4S/c1-28-17-9-14(8-16(10-17)24-12-19-21-22-24)20-18(25)13-2-5-23(6-3-13)15-4-7-29(26,27)11-15/h8-10,12-13,15H,2-7,11H2,1H3,(H,20,25). The summed E-state index contributed by atoms with van der Waals surface area (Å²) in [4.78, 5) is 15.0. The van der Waals surface area contributed by atoms with Gasteiger partial charge < -0.3 is 10.1 Å². The molecule has 2 fully saturated rings. The van der Waals surface area contributed by atoms with Crippen molar-refractivity contribution < 1.29 is 17.9 Å². The van der Waals surface area contributed by atoms with Crippen LogP contribution in [-0.4, -0.2) is 77.2 Å². The average Bonchev–Trinajstić information content (AvgIpc) is 3.37. The molecule has 1 atom stereocenters. The Morgan fingerprint density at radius 1 is 1.21 bits per heavy atom. The third kappa shape index (κ3) is 4.56. The molecule has 0 aliphatic carbocycles. The second-order valence-electron chi connectivity index (χ2n) is 7.53. The van der Waals surface area contributed by atoms with E-state index in [-0.39, 0.29) is 29.4 Å². The van der Waals surface area contributed by atoms with E-state index in [1.54, 1.807) is 25.3 Å². The molecule has 0 bridgehead atoms. The Morgan fingerprint density at radius 2 is 2.00 bits per heavy atom. The molecule has 3 heterocycles. The largest absolute Gasteiger partial charge is 0.497 e. The zero-order chi connectivity index (χ0) is 20.4. The first-order valence-corrected chi connectivity index (χ1v) is 11.4. The highest BCUT2D eigenvalue weighted by Crippen LogP contribution is 2.27. The summed E-state index contributed by atoms with van der Waals surface area (Å²) in [6.07, 6.45) is 3.60. The van der Waals surface area contributed by atoms with Gasteiger partial charge in [0.1, 0.15) is 12.1 Å². The lowest BCUT2D eigenvalue weighted by Crippen LogP contribution is -2.44. The van der Waals surface area contributed by atoms with Crippen molar-refractivity contribution in [1.82, 2.24) is 25.1 Å². The van der Waals surface area contributed by atoms with Crippen LogP contribution in [0.15, 0.2) is 24.5 Å². The molecule has 10 nitrogen and oxygen atoms in total. The normalized spacial score (nSPS) is 22.4. The number of hydrogen-bond donors (Lipinski definition) is 1. The molecule has 156 valence electrons. The molecule has 1 amide bonds. The van der Waals surface area contributed by atoms with E-state index < -0.39 is 9.84 Å².